The Labute approximate surface area is 128 Å². The second-order valence-electron chi connectivity index (χ2n) is 8.74. The van der Waals surface area contributed by atoms with Crippen molar-refractivity contribution in [1.82, 2.24) is 0 Å². The molecule has 1 N–H and O–H groups in total. The molecule has 0 aliphatic heterocycles. The van der Waals surface area contributed by atoms with Crippen molar-refractivity contribution >= 4 is 0 Å². The van der Waals surface area contributed by atoms with Crippen molar-refractivity contribution in [3.63, 3.8) is 0 Å². The summed E-state index contributed by atoms with van der Waals surface area (Å²) >= 11 is 0. The van der Waals surface area contributed by atoms with Crippen molar-refractivity contribution in [2.75, 3.05) is 0 Å². The first-order chi connectivity index (χ1) is 9.95. The van der Waals surface area contributed by atoms with E-state index in [1.54, 1.807) is 0 Å². The minimum absolute atomic E-state index is 0.0942. The first kappa shape index (κ1) is 14.2. The van der Waals surface area contributed by atoms with Crippen LogP contribution in [0.2, 0.25) is 0 Å². The number of hydrogen-bond donors (Lipinski definition) is 1. The summed E-state index contributed by atoms with van der Waals surface area (Å²) in [6.07, 6.45) is 9.89. The van der Waals surface area contributed by atoms with E-state index in [2.05, 4.69) is 19.9 Å². The van der Waals surface area contributed by atoms with Gasteiger partial charge < -0.3 is 5.11 Å². The van der Waals surface area contributed by atoms with E-state index in [0.29, 0.717) is 12.3 Å². The monoisotopic (exact) mass is 292 g/mol. The Morgan fingerprint density at radius 3 is 2.71 bits per heavy atom. The Morgan fingerprint density at radius 1 is 1.10 bits per heavy atom. The molecule has 1 nitrogen and oxygen atoms in total. The predicted octanol–water partition coefficient (Wildman–Crippen LogP) is 4.65. The molecule has 0 spiro atoms. The maximum absolute atomic E-state index is 13.8. The molecule has 0 bridgehead atoms. The summed E-state index contributed by atoms with van der Waals surface area (Å²) in [6, 6.07) is 0. The maximum Gasteiger partial charge on any atom is 0.104 e. The molecule has 0 amide bonds. The van der Waals surface area contributed by atoms with Gasteiger partial charge in [-0.25, -0.2) is 4.39 Å². The van der Waals surface area contributed by atoms with Crippen molar-refractivity contribution in [1.29, 1.82) is 0 Å². The predicted molar refractivity (Wildman–Crippen MR) is 82.6 cm³/mol. The van der Waals surface area contributed by atoms with Crippen LogP contribution in [0.3, 0.4) is 0 Å². The summed E-state index contributed by atoms with van der Waals surface area (Å²) in [5.74, 6) is 2.14. The lowest BCUT2D eigenvalue weighted by Crippen LogP contribution is -2.50. The first-order valence-electron chi connectivity index (χ1n) is 8.97. The average Bonchev–Trinajstić information content (AvgIpc) is 2.76. The molecule has 4 rings (SSSR count). The van der Waals surface area contributed by atoms with Gasteiger partial charge in [-0.2, -0.15) is 0 Å². The minimum Gasteiger partial charge on any atom is -0.393 e. The van der Waals surface area contributed by atoms with Crippen molar-refractivity contribution in [3.05, 3.63) is 11.6 Å². The Bertz CT molecular complexity index is 472. The summed E-state index contributed by atoms with van der Waals surface area (Å²) in [5, 5.41) is 10.4. The van der Waals surface area contributed by atoms with Crippen molar-refractivity contribution in [2.45, 2.75) is 77.5 Å². The summed E-state index contributed by atoms with van der Waals surface area (Å²) in [7, 11) is 0. The van der Waals surface area contributed by atoms with E-state index < -0.39 is 6.17 Å². The van der Waals surface area contributed by atoms with Gasteiger partial charge in [-0.15, -0.1) is 0 Å². The van der Waals surface area contributed by atoms with Gasteiger partial charge in [-0.3, -0.25) is 0 Å². The normalized spacial score (nSPS) is 56.2. The van der Waals surface area contributed by atoms with Gasteiger partial charge in [0.2, 0.25) is 0 Å². The molecule has 3 saturated carbocycles. The molecule has 21 heavy (non-hydrogen) atoms. The number of aliphatic hydroxyl groups excluding tert-OH is 1. The van der Waals surface area contributed by atoms with Gasteiger partial charge in [0.05, 0.1) is 6.10 Å². The van der Waals surface area contributed by atoms with Gasteiger partial charge in [0.1, 0.15) is 6.17 Å². The summed E-state index contributed by atoms with van der Waals surface area (Å²) in [6.45, 7) is 4.74. The molecular formula is C19H29FO. The lowest BCUT2D eigenvalue weighted by molar-refractivity contribution is -0.0687. The van der Waals surface area contributed by atoms with E-state index in [9.17, 15) is 9.50 Å². The van der Waals surface area contributed by atoms with Crippen LogP contribution in [0, 0.1) is 28.6 Å². The van der Waals surface area contributed by atoms with E-state index in [1.807, 2.05) is 0 Å². The fraction of sp³-hybridized carbons (Fsp3) is 0.895. The summed E-state index contributed by atoms with van der Waals surface area (Å²) in [4.78, 5) is 0. The fourth-order valence-corrected chi connectivity index (χ4v) is 6.59. The molecule has 0 saturated heterocycles. The third-order valence-electron chi connectivity index (χ3n) is 7.99. The number of halogens is 1. The highest BCUT2D eigenvalue weighted by atomic mass is 19.1. The highest BCUT2D eigenvalue weighted by molar-refractivity contribution is 5.25. The maximum atomic E-state index is 13.8. The van der Waals surface area contributed by atoms with Crippen LogP contribution < -0.4 is 0 Å². The molecule has 0 heterocycles. The van der Waals surface area contributed by atoms with Gasteiger partial charge in [-0.1, -0.05) is 25.5 Å². The van der Waals surface area contributed by atoms with Crippen molar-refractivity contribution in [2.24, 2.45) is 28.6 Å². The summed E-state index contributed by atoms with van der Waals surface area (Å²) < 4.78 is 13.8. The number of fused-ring (bicyclic) bond motifs is 5. The minimum atomic E-state index is -0.608. The van der Waals surface area contributed by atoms with Crippen LogP contribution in [0.25, 0.3) is 0 Å². The van der Waals surface area contributed by atoms with Crippen LogP contribution in [0.1, 0.15) is 65.2 Å². The zero-order valence-electron chi connectivity index (χ0n) is 13.4. The molecule has 3 fully saturated rings. The first-order valence-corrected chi connectivity index (χ1v) is 8.97. The lowest BCUT2D eigenvalue weighted by Gasteiger charge is -2.57. The fourth-order valence-electron chi connectivity index (χ4n) is 6.59. The van der Waals surface area contributed by atoms with Crippen LogP contribution in [0.4, 0.5) is 4.39 Å². The standard InChI is InChI=1S/C19H29FO/c1-18-9-7-13(20)11-12(18)3-4-14-15-5-6-17(21)19(15,2)10-8-16(14)18/h3,13-17,21H,4-11H2,1-2H3/t13-,14-,15-,16-,17+,18-,19-/m0/s1. The van der Waals surface area contributed by atoms with Gasteiger partial charge in [0, 0.05) is 6.42 Å². The Kier molecular flexibility index (Phi) is 3.10. The molecule has 0 unspecified atom stereocenters. The van der Waals surface area contributed by atoms with Crippen molar-refractivity contribution in [3.8, 4) is 0 Å². The SMILES string of the molecule is C[C@]12CC[C@H]3[C@@H](CC=C4C[C@@H](F)CC[C@@]43C)[C@@H]1CC[C@H]2O. The van der Waals surface area contributed by atoms with Crippen LogP contribution in [-0.4, -0.2) is 17.4 Å². The number of alkyl halides is 1. The smallest absolute Gasteiger partial charge is 0.104 e. The van der Waals surface area contributed by atoms with Crippen LogP contribution in [0.15, 0.2) is 11.6 Å². The second-order valence-corrected chi connectivity index (χ2v) is 8.74. The lowest BCUT2D eigenvalue weighted by atomic mass is 9.48. The summed E-state index contributed by atoms with van der Waals surface area (Å²) in [5.41, 5.74) is 1.82. The number of aliphatic hydroxyl groups is 1. The number of hydrogen-bond acceptors (Lipinski definition) is 1. The molecule has 7 atom stereocenters. The Hall–Kier alpha value is -0.370. The topological polar surface area (TPSA) is 20.2 Å². The molecule has 0 aromatic heterocycles. The largest absolute Gasteiger partial charge is 0.393 e. The third-order valence-corrected chi connectivity index (χ3v) is 7.99. The van der Waals surface area contributed by atoms with Crippen LogP contribution in [0.5, 0.6) is 0 Å². The molecule has 0 aromatic rings. The van der Waals surface area contributed by atoms with Crippen molar-refractivity contribution < 1.29 is 9.50 Å². The van der Waals surface area contributed by atoms with E-state index in [1.165, 1.54) is 24.8 Å². The van der Waals surface area contributed by atoms with E-state index in [-0.39, 0.29) is 16.9 Å². The number of rotatable bonds is 0. The molecule has 4 aliphatic rings. The zero-order chi connectivity index (χ0) is 14.8. The molecule has 118 valence electrons. The Balaban J connectivity index is 1.68. The Morgan fingerprint density at radius 2 is 1.90 bits per heavy atom. The van der Waals surface area contributed by atoms with Gasteiger partial charge in [0.25, 0.3) is 0 Å². The quantitative estimate of drug-likeness (QED) is 0.644. The van der Waals surface area contributed by atoms with E-state index >= 15 is 0 Å². The highest BCUT2D eigenvalue weighted by Crippen LogP contribution is 2.64. The number of allylic oxidation sites excluding steroid dienone is 2. The van der Waals surface area contributed by atoms with Gasteiger partial charge in [-0.05, 0) is 73.5 Å². The van der Waals surface area contributed by atoms with E-state index in [4.69, 9.17) is 0 Å². The van der Waals surface area contributed by atoms with E-state index in [0.717, 1.165) is 37.5 Å². The molecule has 0 aromatic carbocycles. The highest BCUT2D eigenvalue weighted by Gasteiger charge is 2.58. The molecular weight excluding hydrogens is 263 g/mol. The van der Waals surface area contributed by atoms with Gasteiger partial charge >= 0.3 is 0 Å². The average molecular weight is 292 g/mol. The molecule has 0 radical (unpaired) electrons. The third kappa shape index (κ3) is 1.84. The van der Waals surface area contributed by atoms with Gasteiger partial charge in [0.15, 0.2) is 0 Å². The van der Waals surface area contributed by atoms with Crippen LogP contribution in [-0.2, 0) is 0 Å². The van der Waals surface area contributed by atoms with Crippen LogP contribution >= 0.6 is 0 Å². The zero-order valence-corrected chi connectivity index (χ0v) is 13.4. The molecule has 2 heteroatoms. The molecule has 4 aliphatic carbocycles. The second kappa shape index (κ2) is 4.57.